The Morgan fingerprint density at radius 2 is 2.05 bits per heavy atom. The van der Waals surface area contributed by atoms with E-state index >= 15 is 0 Å². The molecule has 1 aromatic heterocycles. The molecule has 1 atom stereocenters. The van der Waals surface area contributed by atoms with Crippen LogP contribution in [-0.4, -0.2) is 45.8 Å². The highest BCUT2D eigenvalue weighted by Gasteiger charge is 2.28. The number of aromatic nitrogens is 1. The Bertz CT molecular complexity index is 546. The van der Waals surface area contributed by atoms with Crippen molar-refractivity contribution in [2.24, 2.45) is 0 Å². The van der Waals surface area contributed by atoms with Crippen molar-refractivity contribution in [2.45, 2.75) is 24.0 Å². The van der Waals surface area contributed by atoms with Crippen LogP contribution in [0.2, 0.25) is 0 Å². The summed E-state index contributed by atoms with van der Waals surface area (Å²) in [6.07, 6.45) is -3.53. The number of pyridine rings is 1. The zero-order valence-corrected chi connectivity index (χ0v) is 12.3. The second-order valence-corrected chi connectivity index (χ2v) is 6.04. The number of likely N-dealkylation sites (N-methyl/N-ethyl adjacent to an activating group) is 1. The Labute approximate surface area is 120 Å². The Kier molecular flexibility index (Phi) is 5.93. The van der Waals surface area contributed by atoms with Crippen molar-refractivity contribution in [3.8, 4) is 5.88 Å². The average Bonchev–Trinajstić information content (AvgIpc) is 2.42. The molecule has 0 spiro atoms. The Balaban J connectivity index is 2.68. The minimum Gasteiger partial charge on any atom is -0.468 e. The maximum Gasteiger partial charge on any atom is 0.422 e. The van der Waals surface area contributed by atoms with Gasteiger partial charge in [0.2, 0.25) is 15.9 Å². The number of nitrogens with zero attached hydrogens (tertiary/aromatic N) is 1. The zero-order chi connectivity index (χ0) is 16.1. The van der Waals surface area contributed by atoms with Gasteiger partial charge in [-0.05, 0) is 20.0 Å². The summed E-state index contributed by atoms with van der Waals surface area (Å²) in [4.78, 5) is 3.39. The first-order valence-corrected chi connectivity index (χ1v) is 7.45. The monoisotopic (exact) mass is 327 g/mol. The van der Waals surface area contributed by atoms with Crippen molar-refractivity contribution >= 4 is 10.0 Å². The van der Waals surface area contributed by atoms with Crippen molar-refractivity contribution in [1.29, 1.82) is 0 Å². The maximum atomic E-state index is 12.0. The molecule has 10 heteroatoms. The molecular formula is C11H16F3N3O3S. The fourth-order valence-electron chi connectivity index (χ4n) is 1.19. The van der Waals surface area contributed by atoms with Crippen LogP contribution in [0.3, 0.4) is 0 Å². The summed E-state index contributed by atoms with van der Waals surface area (Å²) >= 11 is 0. The lowest BCUT2D eigenvalue weighted by atomic mass is 10.4. The van der Waals surface area contributed by atoms with E-state index in [1.165, 1.54) is 0 Å². The summed E-state index contributed by atoms with van der Waals surface area (Å²) in [5.41, 5.74) is 0. The van der Waals surface area contributed by atoms with Gasteiger partial charge in [0, 0.05) is 18.7 Å². The van der Waals surface area contributed by atoms with E-state index in [1.54, 1.807) is 14.0 Å². The molecule has 1 heterocycles. The molecule has 0 radical (unpaired) electrons. The molecule has 6 nitrogen and oxygen atoms in total. The van der Waals surface area contributed by atoms with E-state index in [0.717, 1.165) is 18.3 Å². The molecule has 0 aliphatic heterocycles. The van der Waals surface area contributed by atoms with Gasteiger partial charge in [0.15, 0.2) is 6.61 Å². The van der Waals surface area contributed by atoms with Gasteiger partial charge >= 0.3 is 6.18 Å². The molecular weight excluding hydrogens is 311 g/mol. The molecule has 0 saturated carbocycles. The molecule has 1 rings (SSSR count). The second kappa shape index (κ2) is 7.05. The van der Waals surface area contributed by atoms with Gasteiger partial charge in [-0.1, -0.05) is 0 Å². The van der Waals surface area contributed by atoms with Gasteiger partial charge in [-0.25, -0.2) is 18.1 Å². The van der Waals surface area contributed by atoms with Crippen LogP contribution in [0.5, 0.6) is 5.88 Å². The number of sulfonamides is 1. The number of nitrogens with one attached hydrogen (secondary N) is 2. The Morgan fingerprint density at radius 3 is 2.52 bits per heavy atom. The number of hydrogen-bond acceptors (Lipinski definition) is 5. The molecule has 0 fully saturated rings. The maximum absolute atomic E-state index is 12.0. The summed E-state index contributed by atoms with van der Waals surface area (Å²) in [5.74, 6) is -0.296. The van der Waals surface area contributed by atoms with Crippen LogP contribution in [0.25, 0.3) is 0 Å². The van der Waals surface area contributed by atoms with Gasteiger partial charge < -0.3 is 10.1 Å². The largest absolute Gasteiger partial charge is 0.468 e. The van der Waals surface area contributed by atoms with Crippen molar-refractivity contribution in [3.63, 3.8) is 0 Å². The summed E-state index contributed by atoms with van der Waals surface area (Å²) in [7, 11) is -2.07. The van der Waals surface area contributed by atoms with Gasteiger partial charge in [-0.2, -0.15) is 13.2 Å². The van der Waals surface area contributed by atoms with E-state index < -0.39 is 22.8 Å². The van der Waals surface area contributed by atoms with Crippen molar-refractivity contribution in [2.75, 3.05) is 20.2 Å². The molecule has 0 aliphatic rings. The third-order valence-corrected chi connectivity index (χ3v) is 3.88. The normalized spacial score (nSPS) is 14.0. The molecule has 0 saturated heterocycles. The summed E-state index contributed by atoms with van der Waals surface area (Å²) in [6, 6.07) is 2.13. The molecule has 120 valence electrons. The van der Waals surface area contributed by atoms with Crippen molar-refractivity contribution < 1.29 is 26.3 Å². The molecule has 0 amide bonds. The molecule has 2 N–H and O–H groups in total. The van der Waals surface area contributed by atoms with Crippen LogP contribution in [0.4, 0.5) is 13.2 Å². The standard InChI is InChI=1S/C11H16F3N3O3S/c1-8(15-2)5-17-21(18,19)9-3-4-10(16-6-9)20-7-11(12,13)14/h3-4,6,8,15,17H,5,7H2,1-2H3. The first-order valence-electron chi connectivity index (χ1n) is 5.96. The second-order valence-electron chi connectivity index (χ2n) is 4.28. The van der Waals surface area contributed by atoms with E-state index in [0.29, 0.717) is 0 Å². The van der Waals surface area contributed by atoms with E-state index in [-0.39, 0.29) is 23.4 Å². The zero-order valence-electron chi connectivity index (χ0n) is 11.4. The molecule has 21 heavy (non-hydrogen) atoms. The predicted octanol–water partition coefficient (Wildman–Crippen LogP) is 0.909. The first kappa shape index (κ1) is 17.7. The van der Waals surface area contributed by atoms with Crippen molar-refractivity contribution in [3.05, 3.63) is 18.3 Å². The van der Waals surface area contributed by atoms with E-state index in [9.17, 15) is 21.6 Å². The highest BCUT2D eigenvalue weighted by atomic mass is 32.2. The van der Waals surface area contributed by atoms with Crippen LogP contribution in [0.1, 0.15) is 6.92 Å². The molecule has 1 aromatic rings. The predicted molar refractivity (Wildman–Crippen MR) is 69.5 cm³/mol. The van der Waals surface area contributed by atoms with Gasteiger partial charge in [0.05, 0.1) is 6.20 Å². The van der Waals surface area contributed by atoms with E-state index in [2.05, 4.69) is 19.8 Å². The summed E-state index contributed by atoms with van der Waals surface area (Å²) in [6.45, 7) is 0.476. The fourth-order valence-corrected chi connectivity index (χ4v) is 2.26. The quantitative estimate of drug-likeness (QED) is 0.778. The number of rotatable bonds is 7. The number of hydrogen-bond donors (Lipinski definition) is 2. The molecule has 1 unspecified atom stereocenters. The first-order chi connectivity index (χ1) is 9.64. The number of alkyl halides is 3. The Hall–Kier alpha value is -1.39. The lowest BCUT2D eigenvalue weighted by Crippen LogP contribution is -2.37. The lowest BCUT2D eigenvalue weighted by molar-refractivity contribution is -0.154. The van der Waals surface area contributed by atoms with Gasteiger partial charge in [0.1, 0.15) is 4.90 Å². The summed E-state index contributed by atoms with van der Waals surface area (Å²) < 4.78 is 66.4. The third-order valence-electron chi connectivity index (χ3n) is 2.48. The Morgan fingerprint density at radius 1 is 1.38 bits per heavy atom. The molecule has 0 aromatic carbocycles. The topological polar surface area (TPSA) is 80.3 Å². The lowest BCUT2D eigenvalue weighted by Gasteiger charge is -2.12. The SMILES string of the molecule is CNC(C)CNS(=O)(=O)c1ccc(OCC(F)(F)F)nc1. The highest BCUT2D eigenvalue weighted by molar-refractivity contribution is 7.89. The van der Waals surface area contributed by atoms with Gasteiger partial charge in [-0.3, -0.25) is 0 Å². The third kappa shape index (κ3) is 6.27. The van der Waals surface area contributed by atoms with Crippen LogP contribution < -0.4 is 14.8 Å². The summed E-state index contributed by atoms with van der Waals surface area (Å²) in [5, 5.41) is 2.86. The van der Waals surface area contributed by atoms with Crippen molar-refractivity contribution in [1.82, 2.24) is 15.0 Å². The minimum atomic E-state index is -4.47. The van der Waals surface area contributed by atoms with E-state index in [4.69, 9.17) is 0 Å². The van der Waals surface area contributed by atoms with E-state index in [1.807, 2.05) is 0 Å². The van der Waals surface area contributed by atoms with Crippen LogP contribution >= 0.6 is 0 Å². The van der Waals surface area contributed by atoms with Crippen LogP contribution in [0.15, 0.2) is 23.2 Å². The number of halogens is 3. The number of ether oxygens (including phenoxy) is 1. The minimum absolute atomic E-state index is 0.0675. The fraction of sp³-hybridized carbons (Fsp3) is 0.545. The highest BCUT2D eigenvalue weighted by Crippen LogP contribution is 2.18. The smallest absolute Gasteiger partial charge is 0.422 e. The van der Waals surface area contributed by atoms with Crippen LogP contribution in [-0.2, 0) is 10.0 Å². The average molecular weight is 327 g/mol. The van der Waals surface area contributed by atoms with Gasteiger partial charge in [0.25, 0.3) is 0 Å². The molecule has 0 aliphatic carbocycles. The van der Waals surface area contributed by atoms with Crippen LogP contribution in [0, 0.1) is 0 Å². The van der Waals surface area contributed by atoms with Gasteiger partial charge in [-0.15, -0.1) is 0 Å². The molecule has 0 bridgehead atoms.